The van der Waals surface area contributed by atoms with E-state index in [0.717, 1.165) is 17.6 Å². The highest BCUT2D eigenvalue weighted by atomic mass is 35.5. The van der Waals surface area contributed by atoms with Gasteiger partial charge in [0.15, 0.2) is 11.6 Å². The van der Waals surface area contributed by atoms with Crippen molar-refractivity contribution in [1.82, 2.24) is 14.5 Å². The maximum atomic E-state index is 14.6. The fraction of sp³-hybridized carbons (Fsp3) is 0.429. The number of hydrogen-bond acceptors (Lipinski definition) is 5. The first-order chi connectivity index (χ1) is 14.2. The molecule has 0 saturated heterocycles. The lowest BCUT2D eigenvalue weighted by atomic mass is 10.1. The molecule has 0 spiro atoms. The molecule has 0 amide bonds. The highest BCUT2D eigenvalue weighted by Crippen LogP contribution is 2.42. The number of hydrogen-bond donors (Lipinski definition) is 0. The Morgan fingerprint density at radius 1 is 1.23 bits per heavy atom. The SMILES string of the molecule is CCOc1c(F)cnc(OC)c1-c1cn(COCC[Si](C)(C)C)c2nc(Cl)ccc12. The molecule has 0 aliphatic heterocycles. The average molecular weight is 452 g/mol. The second-order valence-electron chi connectivity index (χ2n) is 8.12. The van der Waals surface area contributed by atoms with E-state index >= 15 is 0 Å². The molecule has 0 saturated carbocycles. The number of pyridine rings is 2. The number of ether oxygens (including phenoxy) is 3. The van der Waals surface area contributed by atoms with Gasteiger partial charge in [-0.2, -0.15) is 0 Å². The topological polar surface area (TPSA) is 58.4 Å². The molecule has 3 heterocycles. The van der Waals surface area contributed by atoms with E-state index in [4.69, 9.17) is 25.8 Å². The molecule has 9 heteroatoms. The van der Waals surface area contributed by atoms with Crippen LogP contribution in [0.3, 0.4) is 0 Å². The van der Waals surface area contributed by atoms with Crippen LogP contribution in [0.25, 0.3) is 22.2 Å². The van der Waals surface area contributed by atoms with Crippen LogP contribution >= 0.6 is 11.6 Å². The third-order valence-corrected chi connectivity index (χ3v) is 6.53. The Kier molecular flexibility index (Phi) is 7.00. The molecule has 3 rings (SSSR count). The van der Waals surface area contributed by atoms with Crippen LogP contribution in [-0.4, -0.2) is 42.9 Å². The maximum absolute atomic E-state index is 14.6. The van der Waals surface area contributed by atoms with Gasteiger partial charge in [0.1, 0.15) is 17.5 Å². The van der Waals surface area contributed by atoms with E-state index in [0.29, 0.717) is 41.9 Å². The predicted octanol–water partition coefficient (Wildman–Crippen LogP) is 5.61. The molecule has 0 aliphatic rings. The second kappa shape index (κ2) is 9.32. The Bertz CT molecular complexity index is 1040. The monoisotopic (exact) mass is 451 g/mol. The molecular weight excluding hydrogens is 425 g/mol. The van der Waals surface area contributed by atoms with Crippen molar-refractivity contribution in [3.63, 3.8) is 0 Å². The standard InChI is InChI=1S/C21H27ClFN3O3Si/c1-6-29-19-16(23)11-24-21(27-2)18(19)15-12-26(13-28-9-10-30(3,4)5)20-14(15)7-8-17(22)25-20/h7-8,11-12H,6,9-10,13H2,1-5H3. The van der Waals surface area contributed by atoms with Crippen LogP contribution in [-0.2, 0) is 11.5 Å². The van der Waals surface area contributed by atoms with Crippen molar-refractivity contribution in [2.24, 2.45) is 0 Å². The van der Waals surface area contributed by atoms with Crippen LogP contribution in [0.15, 0.2) is 24.5 Å². The number of fused-ring (bicyclic) bond motifs is 1. The molecule has 3 aromatic heterocycles. The molecule has 0 unspecified atom stereocenters. The van der Waals surface area contributed by atoms with Gasteiger partial charge in [-0.1, -0.05) is 31.2 Å². The lowest BCUT2D eigenvalue weighted by Gasteiger charge is -2.15. The maximum Gasteiger partial charge on any atom is 0.225 e. The van der Waals surface area contributed by atoms with Gasteiger partial charge in [-0.15, -0.1) is 0 Å². The van der Waals surface area contributed by atoms with Crippen LogP contribution in [0, 0.1) is 5.82 Å². The summed E-state index contributed by atoms with van der Waals surface area (Å²) in [6.07, 6.45) is 2.95. The molecule has 0 radical (unpaired) electrons. The number of methoxy groups -OCH3 is 1. The smallest absolute Gasteiger partial charge is 0.225 e. The Balaban J connectivity index is 2.09. The van der Waals surface area contributed by atoms with Crippen molar-refractivity contribution in [1.29, 1.82) is 0 Å². The minimum absolute atomic E-state index is 0.0954. The first-order valence-electron chi connectivity index (χ1n) is 9.84. The normalized spacial score (nSPS) is 11.8. The molecule has 0 fully saturated rings. The van der Waals surface area contributed by atoms with Crippen molar-refractivity contribution in [3.05, 3.63) is 35.5 Å². The highest BCUT2D eigenvalue weighted by molar-refractivity contribution is 6.76. The molecule has 3 aromatic rings. The Morgan fingerprint density at radius 3 is 2.67 bits per heavy atom. The van der Waals surface area contributed by atoms with E-state index in [1.54, 1.807) is 13.0 Å². The van der Waals surface area contributed by atoms with Crippen molar-refractivity contribution in [2.45, 2.75) is 39.3 Å². The van der Waals surface area contributed by atoms with Crippen molar-refractivity contribution in [2.75, 3.05) is 20.3 Å². The van der Waals surface area contributed by atoms with Gasteiger partial charge in [-0.05, 0) is 25.1 Å². The summed E-state index contributed by atoms with van der Waals surface area (Å²) in [6, 6.07) is 4.60. The van der Waals surface area contributed by atoms with Gasteiger partial charge in [0.2, 0.25) is 5.88 Å². The molecule has 30 heavy (non-hydrogen) atoms. The van der Waals surface area contributed by atoms with E-state index in [-0.39, 0.29) is 11.6 Å². The second-order valence-corrected chi connectivity index (χ2v) is 14.1. The van der Waals surface area contributed by atoms with Crippen molar-refractivity contribution < 1.29 is 18.6 Å². The van der Waals surface area contributed by atoms with Crippen LogP contribution in [0.2, 0.25) is 30.8 Å². The van der Waals surface area contributed by atoms with Crippen LogP contribution < -0.4 is 9.47 Å². The average Bonchev–Trinajstić information content (AvgIpc) is 3.03. The number of rotatable bonds is 9. The van der Waals surface area contributed by atoms with Crippen LogP contribution in [0.1, 0.15) is 6.92 Å². The van der Waals surface area contributed by atoms with Gasteiger partial charge >= 0.3 is 0 Å². The van der Waals surface area contributed by atoms with Gasteiger partial charge in [0, 0.05) is 31.8 Å². The molecule has 162 valence electrons. The minimum Gasteiger partial charge on any atom is -0.490 e. The van der Waals surface area contributed by atoms with Gasteiger partial charge in [-0.3, -0.25) is 0 Å². The van der Waals surface area contributed by atoms with Crippen molar-refractivity contribution >= 4 is 30.7 Å². The van der Waals surface area contributed by atoms with Crippen LogP contribution in [0.5, 0.6) is 11.6 Å². The fourth-order valence-corrected chi connectivity index (χ4v) is 4.01. The zero-order valence-electron chi connectivity index (χ0n) is 18.0. The molecule has 0 bridgehead atoms. The summed E-state index contributed by atoms with van der Waals surface area (Å²) in [7, 11) is 0.299. The molecule has 0 aromatic carbocycles. The number of halogens is 2. The van der Waals surface area contributed by atoms with Gasteiger partial charge < -0.3 is 18.8 Å². The lowest BCUT2D eigenvalue weighted by Crippen LogP contribution is -2.22. The predicted molar refractivity (Wildman–Crippen MR) is 120 cm³/mol. The molecular formula is C21H27ClFN3O3Si. The van der Waals surface area contributed by atoms with E-state index in [1.807, 2.05) is 16.8 Å². The van der Waals surface area contributed by atoms with E-state index in [2.05, 4.69) is 29.6 Å². The molecule has 6 nitrogen and oxygen atoms in total. The quantitative estimate of drug-likeness (QED) is 0.240. The molecule has 0 aliphatic carbocycles. The van der Waals surface area contributed by atoms with Gasteiger partial charge in [0.25, 0.3) is 0 Å². The van der Waals surface area contributed by atoms with Gasteiger partial charge in [-0.25, -0.2) is 14.4 Å². The Hall–Kier alpha value is -2.16. The summed E-state index contributed by atoms with van der Waals surface area (Å²) in [5.41, 5.74) is 1.77. The summed E-state index contributed by atoms with van der Waals surface area (Å²) in [5.74, 6) is -0.187. The lowest BCUT2D eigenvalue weighted by molar-refractivity contribution is 0.0899. The summed E-state index contributed by atoms with van der Waals surface area (Å²) in [4.78, 5) is 8.56. The first-order valence-corrected chi connectivity index (χ1v) is 13.9. The third kappa shape index (κ3) is 4.93. The third-order valence-electron chi connectivity index (χ3n) is 4.62. The number of nitrogens with zero attached hydrogens (tertiary/aromatic N) is 3. The molecule has 0 atom stereocenters. The highest BCUT2D eigenvalue weighted by Gasteiger charge is 2.23. The summed E-state index contributed by atoms with van der Waals surface area (Å²) >= 11 is 6.15. The summed E-state index contributed by atoms with van der Waals surface area (Å²) in [6.45, 7) is 9.99. The zero-order valence-corrected chi connectivity index (χ0v) is 19.7. The van der Waals surface area contributed by atoms with E-state index < -0.39 is 13.9 Å². The zero-order chi connectivity index (χ0) is 21.9. The van der Waals surface area contributed by atoms with E-state index in [9.17, 15) is 4.39 Å². The summed E-state index contributed by atoms with van der Waals surface area (Å²) < 4.78 is 33.4. The largest absolute Gasteiger partial charge is 0.490 e. The first kappa shape index (κ1) is 22.5. The number of aromatic nitrogens is 3. The molecule has 0 N–H and O–H groups in total. The van der Waals surface area contributed by atoms with Crippen molar-refractivity contribution in [3.8, 4) is 22.8 Å². The minimum atomic E-state index is -1.19. The summed E-state index contributed by atoms with van der Waals surface area (Å²) in [5, 5.41) is 1.14. The van der Waals surface area contributed by atoms with Gasteiger partial charge in [0.05, 0.1) is 25.5 Å². The fourth-order valence-electron chi connectivity index (χ4n) is 3.11. The van der Waals surface area contributed by atoms with Crippen LogP contribution in [0.4, 0.5) is 4.39 Å². The Morgan fingerprint density at radius 2 is 2.00 bits per heavy atom. The Labute approximate surface area is 182 Å². The van der Waals surface area contributed by atoms with E-state index in [1.165, 1.54) is 7.11 Å².